The van der Waals surface area contributed by atoms with Crippen LogP contribution in [-0.2, 0) is 16.6 Å². The van der Waals surface area contributed by atoms with Crippen molar-refractivity contribution in [2.75, 3.05) is 12.1 Å². The van der Waals surface area contributed by atoms with Crippen molar-refractivity contribution in [3.8, 4) is 11.5 Å². The minimum absolute atomic E-state index is 0.00824. The summed E-state index contributed by atoms with van der Waals surface area (Å²) in [7, 11) is 0. The highest BCUT2D eigenvalue weighted by Crippen LogP contribution is 2.51. The van der Waals surface area contributed by atoms with Gasteiger partial charge in [-0.25, -0.2) is 4.98 Å². The van der Waals surface area contributed by atoms with Crippen LogP contribution in [0.2, 0.25) is 0 Å². The van der Waals surface area contributed by atoms with E-state index in [0.717, 1.165) is 24.0 Å². The molecule has 1 saturated carbocycles. The number of carbonyl (C=O) groups is 2. The highest BCUT2D eigenvalue weighted by molar-refractivity contribution is 7.17. The Labute approximate surface area is 171 Å². The van der Waals surface area contributed by atoms with Crippen LogP contribution in [-0.4, -0.2) is 23.5 Å². The maximum atomic E-state index is 13.0. The van der Waals surface area contributed by atoms with Crippen LogP contribution in [0.25, 0.3) is 0 Å². The number of carbonyl (C=O) groups excluding carboxylic acids is 2. The van der Waals surface area contributed by atoms with Crippen LogP contribution in [0.4, 0.5) is 5.13 Å². The van der Waals surface area contributed by atoms with Crippen LogP contribution in [0.15, 0.2) is 54.7 Å². The highest BCUT2D eigenvalue weighted by Gasteiger charge is 2.52. The van der Waals surface area contributed by atoms with Gasteiger partial charge in [-0.15, -0.1) is 0 Å². The summed E-state index contributed by atoms with van der Waals surface area (Å²) in [6.45, 7) is 0.205. The van der Waals surface area contributed by atoms with E-state index < -0.39 is 5.41 Å². The first kappa shape index (κ1) is 17.9. The molecule has 0 unspecified atom stereocenters. The van der Waals surface area contributed by atoms with Crippen molar-refractivity contribution in [1.29, 1.82) is 0 Å². The van der Waals surface area contributed by atoms with Crippen molar-refractivity contribution in [2.24, 2.45) is 0 Å². The Balaban J connectivity index is 1.28. The molecule has 1 amide bonds. The Bertz CT molecular complexity index is 1090. The fourth-order valence-corrected chi connectivity index (χ4v) is 4.26. The fraction of sp³-hybridized carbons (Fsp3) is 0.227. The number of hydrogen-bond acceptors (Lipinski definition) is 6. The number of amides is 1. The van der Waals surface area contributed by atoms with Gasteiger partial charge in [-0.1, -0.05) is 47.7 Å². The van der Waals surface area contributed by atoms with Gasteiger partial charge in [0.2, 0.25) is 12.7 Å². The summed E-state index contributed by atoms with van der Waals surface area (Å²) >= 11 is 1.21. The molecule has 6 nitrogen and oxygen atoms in total. The predicted molar refractivity (Wildman–Crippen MR) is 109 cm³/mol. The summed E-state index contributed by atoms with van der Waals surface area (Å²) in [6, 6.07) is 15.2. The van der Waals surface area contributed by atoms with Crippen molar-refractivity contribution in [1.82, 2.24) is 4.98 Å². The third-order valence-corrected chi connectivity index (χ3v) is 6.27. The van der Waals surface area contributed by atoms with Crippen molar-refractivity contribution in [2.45, 2.75) is 24.7 Å². The lowest BCUT2D eigenvalue weighted by Gasteiger charge is -2.15. The average Bonchev–Trinajstić information content (AvgIpc) is 3.19. The summed E-state index contributed by atoms with van der Waals surface area (Å²) in [4.78, 5) is 30.2. The summed E-state index contributed by atoms with van der Waals surface area (Å²) in [5.41, 5.74) is 1.30. The number of hydrogen-bond donors (Lipinski definition) is 1. The molecule has 1 aliphatic heterocycles. The second-order valence-electron chi connectivity index (χ2n) is 7.22. The molecule has 146 valence electrons. The Morgan fingerprint density at radius 1 is 1.07 bits per heavy atom. The Morgan fingerprint density at radius 2 is 1.86 bits per heavy atom. The van der Waals surface area contributed by atoms with E-state index in [1.165, 1.54) is 17.5 Å². The first-order valence-electron chi connectivity index (χ1n) is 9.39. The fourth-order valence-electron chi connectivity index (χ4n) is 3.51. The normalized spacial score (nSPS) is 15.7. The molecule has 0 spiro atoms. The first-order chi connectivity index (χ1) is 14.1. The molecular weight excluding hydrogens is 388 g/mol. The Morgan fingerprint density at radius 3 is 2.66 bits per heavy atom. The summed E-state index contributed by atoms with van der Waals surface area (Å²) in [5, 5.41) is 3.34. The van der Waals surface area contributed by atoms with Crippen LogP contribution in [0.3, 0.4) is 0 Å². The number of benzene rings is 2. The van der Waals surface area contributed by atoms with E-state index >= 15 is 0 Å². The monoisotopic (exact) mass is 406 g/mol. The van der Waals surface area contributed by atoms with Gasteiger partial charge in [0, 0.05) is 6.42 Å². The zero-order valence-corrected chi connectivity index (χ0v) is 16.3. The third-order valence-electron chi connectivity index (χ3n) is 5.32. The van der Waals surface area contributed by atoms with E-state index in [0.29, 0.717) is 27.9 Å². The molecular formula is C22H18N2O4S. The summed E-state index contributed by atoms with van der Waals surface area (Å²) in [5.74, 6) is 1.26. The molecule has 1 aromatic heterocycles. The van der Waals surface area contributed by atoms with Gasteiger partial charge in [0.25, 0.3) is 0 Å². The lowest BCUT2D eigenvalue weighted by Crippen LogP contribution is -2.27. The molecule has 1 fully saturated rings. The summed E-state index contributed by atoms with van der Waals surface area (Å²) < 4.78 is 10.8. The Hall–Kier alpha value is -3.19. The number of ether oxygens (including phenoxy) is 2. The molecule has 0 bridgehead atoms. The van der Waals surface area contributed by atoms with Gasteiger partial charge in [-0.3, -0.25) is 9.59 Å². The summed E-state index contributed by atoms with van der Waals surface area (Å²) in [6.07, 6.45) is 3.39. The Kier molecular flexibility index (Phi) is 4.32. The number of Topliss-reactive ketones (excluding diaryl/α,β-unsaturated/α-hetero) is 1. The quantitative estimate of drug-likeness (QED) is 0.627. The number of nitrogens with one attached hydrogen (secondary N) is 1. The van der Waals surface area contributed by atoms with Gasteiger partial charge in [0.15, 0.2) is 22.4 Å². The van der Waals surface area contributed by atoms with Crippen molar-refractivity contribution < 1.29 is 19.1 Å². The van der Waals surface area contributed by atoms with Gasteiger partial charge < -0.3 is 14.8 Å². The van der Waals surface area contributed by atoms with E-state index in [9.17, 15) is 9.59 Å². The standard InChI is InChI=1S/C22H18N2O4S/c25-16(10-14-4-2-1-3-5-14)19-12-23-21(29-19)24-20(26)22(8-9-22)15-6-7-17-18(11-15)28-13-27-17/h1-7,11-12H,8-10,13H2,(H,23,24,26). The highest BCUT2D eigenvalue weighted by atomic mass is 32.1. The number of thiazole rings is 1. The molecule has 2 aromatic carbocycles. The molecule has 0 saturated heterocycles. The van der Waals surface area contributed by atoms with E-state index in [4.69, 9.17) is 9.47 Å². The number of nitrogens with zero attached hydrogens (tertiary/aromatic N) is 1. The smallest absolute Gasteiger partial charge is 0.236 e. The van der Waals surface area contributed by atoms with Gasteiger partial charge in [-0.2, -0.15) is 0 Å². The van der Waals surface area contributed by atoms with Crippen LogP contribution < -0.4 is 14.8 Å². The minimum Gasteiger partial charge on any atom is -0.454 e. The van der Waals surface area contributed by atoms with Gasteiger partial charge in [0.1, 0.15) is 0 Å². The zero-order chi connectivity index (χ0) is 19.8. The van der Waals surface area contributed by atoms with Crippen molar-refractivity contribution in [3.05, 3.63) is 70.7 Å². The second-order valence-corrected chi connectivity index (χ2v) is 8.25. The van der Waals surface area contributed by atoms with Crippen LogP contribution >= 0.6 is 11.3 Å². The second kappa shape index (κ2) is 7.00. The lowest BCUT2D eigenvalue weighted by atomic mass is 9.94. The molecule has 0 radical (unpaired) electrons. The zero-order valence-electron chi connectivity index (χ0n) is 15.5. The molecule has 2 aliphatic rings. The van der Waals surface area contributed by atoms with E-state index in [2.05, 4.69) is 10.3 Å². The molecule has 1 N–H and O–H groups in total. The molecule has 0 atom stereocenters. The minimum atomic E-state index is -0.569. The van der Waals surface area contributed by atoms with Crippen molar-refractivity contribution in [3.63, 3.8) is 0 Å². The van der Waals surface area contributed by atoms with E-state index in [1.807, 2.05) is 48.5 Å². The van der Waals surface area contributed by atoms with Crippen LogP contribution in [0, 0.1) is 0 Å². The molecule has 5 rings (SSSR count). The topological polar surface area (TPSA) is 77.5 Å². The lowest BCUT2D eigenvalue weighted by molar-refractivity contribution is -0.118. The SMILES string of the molecule is O=C(Cc1ccccc1)c1cnc(NC(=O)C2(c3ccc4c(c3)OCO4)CC2)s1. The van der Waals surface area contributed by atoms with E-state index in [-0.39, 0.29) is 18.5 Å². The number of ketones is 1. The van der Waals surface area contributed by atoms with Gasteiger partial charge >= 0.3 is 0 Å². The maximum Gasteiger partial charge on any atom is 0.236 e. The first-order valence-corrected chi connectivity index (χ1v) is 10.2. The molecule has 1 aliphatic carbocycles. The predicted octanol–water partition coefficient (Wildman–Crippen LogP) is 3.97. The van der Waals surface area contributed by atoms with Crippen LogP contribution in [0.1, 0.15) is 33.6 Å². The van der Waals surface area contributed by atoms with Gasteiger partial charge in [-0.05, 0) is 36.1 Å². The third kappa shape index (κ3) is 3.38. The largest absolute Gasteiger partial charge is 0.454 e. The molecule has 29 heavy (non-hydrogen) atoms. The van der Waals surface area contributed by atoms with E-state index in [1.54, 1.807) is 0 Å². The number of rotatable bonds is 6. The van der Waals surface area contributed by atoms with Crippen molar-refractivity contribution >= 4 is 28.2 Å². The maximum absolute atomic E-state index is 13.0. The van der Waals surface area contributed by atoms with Crippen LogP contribution in [0.5, 0.6) is 11.5 Å². The molecule has 7 heteroatoms. The number of aromatic nitrogens is 1. The molecule has 2 heterocycles. The molecule has 3 aromatic rings. The number of anilines is 1. The average molecular weight is 406 g/mol. The van der Waals surface area contributed by atoms with Gasteiger partial charge in [0.05, 0.1) is 16.5 Å². The number of fused-ring (bicyclic) bond motifs is 1.